The highest BCUT2D eigenvalue weighted by Crippen LogP contribution is 2.21. The second-order valence-electron chi connectivity index (χ2n) is 3.70. The molecular weight excluding hydrogens is 169 g/mol. The van der Waals surface area contributed by atoms with Crippen LogP contribution >= 0.6 is 0 Å². The third kappa shape index (κ3) is 3.64. The van der Waals surface area contributed by atoms with E-state index in [0.717, 1.165) is 25.8 Å². The molecule has 1 saturated heterocycles. The molecule has 1 aliphatic heterocycles. The average molecular weight is 187 g/mol. The van der Waals surface area contributed by atoms with Crippen LogP contribution in [0.5, 0.6) is 0 Å². The van der Waals surface area contributed by atoms with Crippen molar-refractivity contribution in [1.29, 1.82) is 0 Å². The van der Waals surface area contributed by atoms with Crippen LogP contribution < -0.4 is 5.32 Å². The van der Waals surface area contributed by atoms with Gasteiger partial charge in [-0.25, -0.2) is 0 Å². The minimum Gasteiger partial charge on any atom is -0.427 e. The Balaban J connectivity index is 2.13. The number of rotatable bonds is 5. The van der Waals surface area contributed by atoms with E-state index in [9.17, 15) is 0 Å². The number of nitrogens with one attached hydrogen (secondary N) is 1. The van der Waals surface area contributed by atoms with Crippen molar-refractivity contribution in [1.82, 2.24) is 5.32 Å². The van der Waals surface area contributed by atoms with Gasteiger partial charge in [-0.1, -0.05) is 6.42 Å². The van der Waals surface area contributed by atoms with Gasteiger partial charge in [-0.15, -0.1) is 0 Å². The first-order valence-electron chi connectivity index (χ1n) is 4.94. The molecule has 5 heteroatoms. The molecule has 0 spiro atoms. The lowest BCUT2D eigenvalue weighted by Crippen LogP contribution is -2.30. The van der Waals surface area contributed by atoms with Gasteiger partial charge in [-0.2, -0.15) is 0 Å². The first kappa shape index (κ1) is 11.0. The summed E-state index contributed by atoms with van der Waals surface area (Å²) in [7, 11) is -1.18. The fraction of sp³-hybridized carbons (Fsp3) is 1.00. The largest absolute Gasteiger partial charge is 0.451 e. The Morgan fingerprint density at radius 1 is 1.38 bits per heavy atom. The summed E-state index contributed by atoms with van der Waals surface area (Å²) in [5.41, 5.74) is 0. The molecule has 4 nitrogen and oxygen atoms in total. The van der Waals surface area contributed by atoms with Crippen LogP contribution in [0.2, 0.25) is 6.32 Å². The van der Waals surface area contributed by atoms with Crippen molar-refractivity contribution in [3.8, 4) is 0 Å². The molecule has 1 rings (SSSR count). The van der Waals surface area contributed by atoms with Crippen LogP contribution in [0.15, 0.2) is 0 Å². The molecular formula is C8H18BNO3. The molecule has 13 heavy (non-hydrogen) atoms. The molecule has 0 saturated carbocycles. The maximum Gasteiger partial charge on any atom is 0.451 e. The van der Waals surface area contributed by atoms with E-state index in [2.05, 4.69) is 5.32 Å². The topological polar surface area (TPSA) is 72.7 Å². The van der Waals surface area contributed by atoms with E-state index in [1.165, 1.54) is 0 Å². The number of aliphatic hydroxyl groups excluding tert-OH is 1. The van der Waals surface area contributed by atoms with Crippen LogP contribution in [0, 0.1) is 5.92 Å². The van der Waals surface area contributed by atoms with Gasteiger partial charge in [0.15, 0.2) is 0 Å². The first-order chi connectivity index (χ1) is 6.24. The van der Waals surface area contributed by atoms with E-state index in [-0.39, 0.29) is 12.6 Å². The van der Waals surface area contributed by atoms with Gasteiger partial charge >= 0.3 is 7.12 Å². The number of hydrogen-bond donors (Lipinski definition) is 4. The molecule has 0 bridgehead atoms. The predicted molar refractivity (Wildman–Crippen MR) is 51.2 cm³/mol. The lowest BCUT2D eigenvalue weighted by molar-refractivity contribution is 0.222. The quantitative estimate of drug-likeness (QED) is 0.425. The van der Waals surface area contributed by atoms with Crippen molar-refractivity contribution < 1.29 is 15.2 Å². The lowest BCUT2D eigenvalue weighted by Gasteiger charge is -2.16. The number of hydrogen-bond acceptors (Lipinski definition) is 4. The maximum absolute atomic E-state index is 8.98. The molecule has 0 aromatic rings. The van der Waals surface area contributed by atoms with E-state index in [4.69, 9.17) is 15.2 Å². The fourth-order valence-electron chi connectivity index (χ4n) is 1.94. The molecule has 0 aromatic heterocycles. The van der Waals surface area contributed by atoms with Crippen LogP contribution in [0.1, 0.15) is 19.3 Å². The standard InChI is InChI=1S/C8H18BNO3/c11-6-8-7(3-5-10-8)2-1-4-9(12)13/h7-8,10-13H,1-6H2/t7-,8-/m1/s1. The fourth-order valence-corrected chi connectivity index (χ4v) is 1.94. The Morgan fingerprint density at radius 2 is 2.15 bits per heavy atom. The third-order valence-electron chi connectivity index (χ3n) is 2.72. The Morgan fingerprint density at radius 3 is 2.77 bits per heavy atom. The van der Waals surface area contributed by atoms with Crippen molar-refractivity contribution in [3.05, 3.63) is 0 Å². The van der Waals surface area contributed by atoms with Gasteiger partial charge in [0.1, 0.15) is 0 Å². The van der Waals surface area contributed by atoms with Gasteiger partial charge in [0.2, 0.25) is 0 Å². The zero-order valence-electron chi connectivity index (χ0n) is 7.82. The summed E-state index contributed by atoms with van der Waals surface area (Å²) in [6.07, 6.45) is 3.32. The summed E-state index contributed by atoms with van der Waals surface area (Å²) in [6.45, 7) is 1.16. The zero-order chi connectivity index (χ0) is 9.68. The van der Waals surface area contributed by atoms with Crippen LogP contribution in [-0.4, -0.2) is 41.5 Å². The van der Waals surface area contributed by atoms with Gasteiger partial charge in [0.25, 0.3) is 0 Å². The SMILES string of the molecule is OC[C@H]1NCC[C@H]1CCCB(O)O. The molecule has 0 unspecified atom stereocenters. The minimum atomic E-state index is -1.18. The predicted octanol–water partition coefficient (Wildman–Crippen LogP) is -0.790. The van der Waals surface area contributed by atoms with Crippen LogP contribution in [0.4, 0.5) is 0 Å². The third-order valence-corrected chi connectivity index (χ3v) is 2.72. The zero-order valence-corrected chi connectivity index (χ0v) is 7.82. The van der Waals surface area contributed by atoms with Gasteiger partial charge in [-0.05, 0) is 31.6 Å². The van der Waals surface area contributed by atoms with Crippen molar-refractivity contribution in [2.24, 2.45) is 5.92 Å². The minimum absolute atomic E-state index is 0.187. The summed E-state index contributed by atoms with van der Waals surface area (Å²) in [4.78, 5) is 0. The number of aliphatic hydroxyl groups is 1. The highest BCUT2D eigenvalue weighted by Gasteiger charge is 2.25. The molecule has 76 valence electrons. The van der Waals surface area contributed by atoms with E-state index in [1.807, 2.05) is 0 Å². The molecule has 1 fully saturated rings. The van der Waals surface area contributed by atoms with E-state index >= 15 is 0 Å². The highest BCUT2D eigenvalue weighted by atomic mass is 16.4. The monoisotopic (exact) mass is 187 g/mol. The molecule has 2 atom stereocenters. The second-order valence-corrected chi connectivity index (χ2v) is 3.70. The summed E-state index contributed by atoms with van der Waals surface area (Å²) in [5.74, 6) is 0.503. The van der Waals surface area contributed by atoms with Crippen molar-refractivity contribution in [2.45, 2.75) is 31.6 Å². The van der Waals surface area contributed by atoms with E-state index in [0.29, 0.717) is 12.2 Å². The smallest absolute Gasteiger partial charge is 0.427 e. The summed E-state index contributed by atoms with van der Waals surface area (Å²) >= 11 is 0. The van der Waals surface area contributed by atoms with Crippen LogP contribution in [0.3, 0.4) is 0 Å². The van der Waals surface area contributed by atoms with Gasteiger partial charge in [0.05, 0.1) is 6.61 Å². The molecule has 0 aromatic carbocycles. The highest BCUT2D eigenvalue weighted by molar-refractivity contribution is 6.40. The molecule has 0 aliphatic carbocycles. The summed E-state index contributed by atoms with van der Waals surface area (Å²) in [5, 5.41) is 29.5. The molecule has 1 aliphatic rings. The van der Waals surface area contributed by atoms with Crippen LogP contribution in [0.25, 0.3) is 0 Å². The van der Waals surface area contributed by atoms with E-state index in [1.54, 1.807) is 0 Å². The summed E-state index contributed by atoms with van der Waals surface area (Å²) in [6, 6.07) is 0.218. The second kappa shape index (κ2) is 5.60. The van der Waals surface area contributed by atoms with Gasteiger partial charge < -0.3 is 20.5 Å². The maximum atomic E-state index is 8.98. The van der Waals surface area contributed by atoms with Crippen molar-refractivity contribution in [3.63, 3.8) is 0 Å². The van der Waals surface area contributed by atoms with Crippen molar-refractivity contribution in [2.75, 3.05) is 13.2 Å². The first-order valence-corrected chi connectivity index (χ1v) is 4.94. The normalized spacial score (nSPS) is 27.9. The molecule has 0 amide bonds. The van der Waals surface area contributed by atoms with E-state index < -0.39 is 7.12 Å². The molecule has 0 radical (unpaired) electrons. The summed E-state index contributed by atoms with van der Waals surface area (Å²) < 4.78 is 0. The van der Waals surface area contributed by atoms with Gasteiger partial charge in [-0.3, -0.25) is 0 Å². The molecule has 1 heterocycles. The Bertz CT molecular complexity index is 145. The van der Waals surface area contributed by atoms with Crippen molar-refractivity contribution >= 4 is 7.12 Å². The Labute approximate surface area is 79.1 Å². The van der Waals surface area contributed by atoms with Gasteiger partial charge in [0, 0.05) is 6.04 Å². The average Bonchev–Trinajstić information content (AvgIpc) is 2.51. The Kier molecular flexibility index (Phi) is 4.73. The van der Waals surface area contributed by atoms with Crippen LogP contribution in [-0.2, 0) is 0 Å². The lowest BCUT2D eigenvalue weighted by atomic mass is 9.81. The molecule has 4 N–H and O–H groups in total. The Hall–Kier alpha value is -0.0951.